The van der Waals surface area contributed by atoms with Gasteiger partial charge in [-0.25, -0.2) is 4.98 Å². The first-order valence-corrected chi connectivity index (χ1v) is 10.4. The molecule has 4 rings (SSSR count). The Kier molecular flexibility index (Phi) is 5.98. The molecule has 0 aliphatic rings. The Morgan fingerprint density at radius 1 is 1.00 bits per heavy atom. The van der Waals surface area contributed by atoms with E-state index in [2.05, 4.69) is 15.3 Å². The van der Waals surface area contributed by atoms with Gasteiger partial charge in [0.1, 0.15) is 5.01 Å². The molecule has 1 atom stereocenters. The highest BCUT2D eigenvalue weighted by Crippen LogP contribution is 2.25. The van der Waals surface area contributed by atoms with Gasteiger partial charge >= 0.3 is 0 Å². The number of rotatable bonds is 6. The molecular formula is C23H18ClN3OS. The molecule has 0 aliphatic heterocycles. The maximum absolute atomic E-state index is 12.8. The van der Waals surface area contributed by atoms with Crippen molar-refractivity contribution in [2.45, 2.75) is 12.5 Å². The van der Waals surface area contributed by atoms with Crippen LogP contribution in [0.15, 0.2) is 84.5 Å². The Bertz CT molecular complexity index is 1080. The van der Waals surface area contributed by atoms with Gasteiger partial charge in [0.15, 0.2) is 0 Å². The van der Waals surface area contributed by atoms with Crippen molar-refractivity contribution < 1.29 is 4.79 Å². The van der Waals surface area contributed by atoms with Crippen molar-refractivity contribution in [1.29, 1.82) is 0 Å². The van der Waals surface area contributed by atoms with Crippen molar-refractivity contribution in [3.63, 3.8) is 0 Å². The van der Waals surface area contributed by atoms with Crippen LogP contribution < -0.4 is 5.32 Å². The van der Waals surface area contributed by atoms with Gasteiger partial charge in [0.05, 0.1) is 18.2 Å². The molecule has 2 aromatic carbocycles. The molecule has 4 aromatic rings. The first-order chi connectivity index (χ1) is 14.2. The van der Waals surface area contributed by atoms with Crippen molar-refractivity contribution in [3.8, 4) is 10.6 Å². The van der Waals surface area contributed by atoms with Gasteiger partial charge in [-0.1, -0.05) is 54.1 Å². The number of thiazole rings is 1. The molecule has 0 spiro atoms. The lowest BCUT2D eigenvalue weighted by Crippen LogP contribution is -2.30. The van der Waals surface area contributed by atoms with Gasteiger partial charge < -0.3 is 5.32 Å². The minimum atomic E-state index is -0.252. The van der Waals surface area contributed by atoms with E-state index in [1.165, 1.54) is 11.3 Å². The predicted molar refractivity (Wildman–Crippen MR) is 117 cm³/mol. The molecule has 1 unspecified atom stereocenters. The summed E-state index contributed by atoms with van der Waals surface area (Å²) in [5, 5.41) is 6.58. The van der Waals surface area contributed by atoms with Gasteiger partial charge in [-0.2, -0.15) is 0 Å². The Hall–Kier alpha value is -3.02. The Morgan fingerprint density at radius 2 is 1.76 bits per heavy atom. The fourth-order valence-corrected chi connectivity index (χ4v) is 3.98. The summed E-state index contributed by atoms with van der Waals surface area (Å²) in [6.45, 7) is 0. The number of benzene rings is 2. The standard InChI is InChI=1S/C23H18ClN3OS/c24-19-10-8-17(9-11-19)22(16-5-2-1-3-6-16)27-21(28)13-20-15-29-23(26-20)18-7-4-12-25-14-18/h1-12,14-15,22H,13H2,(H,27,28). The zero-order valence-electron chi connectivity index (χ0n) is 15.5. The Balaban J connectivity index is 1.51. The normalized spacial score (nSPS) is 11.8. The van der Waals surface area contributed by atoms with E-state index in [1.54, 1.807) is 12.4 Å². The van der Waals surface area contributed by atoms with E-state index in [0.717, 1.165) is 27.4 Å². The summed E-state index contributed by atoms with van der Waals surface area (Å²) in [6.07, 6.45) is 3.72. The van der Waals surface area contributed by atoms with Gasteiger partial charge in [0, 0.05) is 28.4 Å². The van der Waals surface area contributed by atoms with Crippen LogP contribution in [0, 0.1) is 0 Å². The smallest absolute Gasteiger partial charge is 0.226 e. The summed E-state index contributed by atoms with van der Waals surface area (Å²) < 4.78 is 0. The lowest BCUT2D eigenvalue weighted by atomic mass is 9.98. The Labute approximate surface area is 178 Å². The minimum Gasteiger partial charge on any atom is -0.345 e. The van der Waals surface area contributed by atoms with Crippen LogP contribution in [0.2, 0.25) is 5.02 Å². The van der Waals surface area contributed by atoms with E-state index in [1.807, 2.05) is 72.1 Å². The summed E-state index contributed by atoms with van der Waals surface area (Å²) in [7, 11) is 0. The minimum absolute atomic E-state index is 0.0863. The summed E-state index contributed by atoms with van der Waals surface area (Å²) in [5.41, 5.74) is 3.68. The van der Waals surface area contributed by atoms with Crippen LogP contribution in [-0.4, -0.2) is 15.9 Å². The van der Waals surface area contributed by atoms with Crippen molar-refractivity contribution in [2.75, 3.05) is 0 Å². The molecule has 0 saturated heterocycles. The Morgan fingerprint density at radius 3 is 2.48 bits per heavy atom. The maximum Gasteiger partial charge on any atom is 0.226 e. The third-order valence-corrected chi connectivity index (χ3v) is 5.64. The second-order valence-corrected chi connectivity index (χ2v) is 7.82. The molecule has 6 heteroatoms. The molecule has 0 fully saturated rings. The van der Waals surface area contributed by atoms with Crippen LogP contribution in [0.1, 0.15) is 22.9 Å². The van der Waals surface area contributed by atoms with Crippen molar-refractivity contribution in [1.82, 2.24) is 15.3 Å². The molecule has 29 heavy (non-hydrogen) atoms. The lowest BCUT2D eigenvalue weighted by molar-refractivity contribution is -0.121. The van der Waals surface area contributed by atoms with Crippen molar-refractivity contribution in [3.05, 3.63) is 106 Å². The highest BCUT2D eigenvalue weighted by atomic mass is 35.5. The maximum atomic E-state index is 12.8. The monoisotopic (exact) mass is 419 g/mol. The third-order valence-electron chi connectivity index (χ3n) is 4.44. The van der Waals surface area contributed by atoms with Crippen LogP contribution in [-0.2, 0) is 11.2 Å². The number of amides is 1. The highest BCUT2D eigenvalue weighted by molar-refractivity contribution is 7.13. The second kappa shape index (κ2) is 8.99. The predicted octanol–water partition coefficient (Wildman–Crippen LogP) is 5.31. The van der Waals surface area contributed by atoms with Crippen LogP contribution in [0.25, 0.3) is 10.6 Å². The molecular weight excluding hydrogens is 402 g/mol. The van der Waals surface area contributed by atoms with Crippen LogP contribution in [0.3, 0.4) is 0 Å². The van der Waals surface area contributed by atoms with Gasteiger partial charge in [-0.3, -0.25) is 9.78 Å². The third kappa shape index (κ3) is 4.88. The number of halogens is 1. The molecule has 0 bridgehead atoms. The van der Waals surface area contributed by atoms with Gasteiger partial charge in [0.2, 0.25) is 5.91 Å². The van der Waals surface area contributed by atoms with E-state index >= 15 is 0 Å². The number of nitrogens with one attached hydrogen (secondary N) is 1. The molecule has 1 N–H and O–H groups in total. The molecule has 0 saturated carbocycles. The zero-order valence-corrected chi connectivity index (χ0v) is 17.0. The van der Waals surface area contributed by atoms with Crippen molar-refractivity contribution >= 4 is 28.8 Å². The molecule has 2 aromatic heterocycles. The first-order valence-electron chi connectivity index (χ1n) is 9.13. The molecule has 1 amide bonds. The average Bonchev–Trinajstić information content (AvgIpc) is 3.22. The number of hydrogen-bond donors (Lipinski definition) is 1. The quantitative estimate of drug-likeness (QED) is 0.461. The second-order valence-electron chi connectivity index (χ2n) is 6.53. The van der Waals surface area contributed by atoms with Gasteiger partial charge in [-0.15, -0.1) is 11.3 Å². The summed E-state index contributed by atoms with van der Waals surface area (Å²) in [6, 6.07) is 21.0. The van der Waals surface area contributed by atoms with Gasteiger partial charge in [0.25, 0.3) is 0 Å². The van der Waals surface area contributed by atoms with E-state index < -0.39 is 0 Å². The van der Waals surface area contributed by atoms with Crippen molar-refractivity contribution in [2.24, 2.45) is 0 Å². The summed E-state index contributed by atoms with van der Waals surface area (Å²) in [5.74, 6) is -0.0863. The highest BCUT2D eigenvalue weighted by Gasteiger charge is 2.18. The van der Waals surface area contributed by atoms with Crippen LogP contribution >= 0.6 is 22.9 Å². The summed E-state index contributed by atoms with van der Waals surface area (Å²) >= 11 is 7.54. The largest absolute Gasteiger partial charge is 0.345 e. The number of carbonyl (C=O) groups is 1. The van der Waals surface area contributed by atoms with E-state index in [9.17, 15) is 4.79 Å². The fraction of sp³-hybridized carbons (Fsp3) is 0.0870. The van der Waals surface area contributed by atoms with E-state index in [-0.39, 0.29) is 18.4 Å². The number of nitrogens with zero attached hydrogens (tertiary/aromatic N) is 2. The fourth-order valence-electron chi connectivity index (χ4n) is 3.05. The molecule has 144 valence electrons. The molecule has 0 aliphatic carbocycles. The van der Waals surface area contributed by atoms with Crippen LogP contribution in [0.4, 0.5) is 0 Å². The zero-order chi connectivity index (χ0) is 20.1. The number of pyridine rings is 1. The topological polar surface area (TPSA) is 54.9 Å². The van der Waals surface area contributed by atoms with Crippen LogP contribution in [0.5, 0.6) is 0 Å². The van der Waals surface area contributed by atoms with E-state index in [4.69, 9.17) is 11.6 Å². The lowest BCUT2D eigenvalue weighted by Gasteiger charge is -2.20. The molecule has 2 heterocycles. The molecule has 0 radical (unpaired) electrons. The summed E-state index contributed by atoms with van der Waals surface area (Å²) in [4.78, 5) is 21.5. The number of aromatic nitrogens is 2. The number of carbonyl (C=O) groups excluding carboxylic acids is 1. The SMILES string of the molecule is O=C(Cc1csc(-c2cccnc2)n1)NC(c1ccccc1)c1ccc(Cl)cc1. The van der Waals surface area contributed by atoms with E-state index in [0.29, 0.717) is 5.02 Å². The number of hydrogen-bond acceptors (Lipinski definition) is 4. The van der Waals surface area contributed by atoms with Gasteiger partial charge in [-0.05, 0) is 35.4 Å². The average molecular weight is 420 g/mol. The first kappa shape index (κ1) is 19.3. The molecule has 4 nitrogen and oxygen atoms in total.